The monoisotopic (exact) mass is 355 g/mol. The first-order valence-electron chi connectivity index (χ1n) is 9.01. The van der Waals surface area contributed by atoms with Gasteiger partial charge in [-0.25, -0.2) is 0 Å². The summed E-state index contributed by atoms with van der Waals surface area (Å²) >= 11 is 0. The van der Waals surface area contributed by atoms with E-state index in [0.717, 1.165) is 24.8 Å². The van der Waals surface area contributed by atoms with Crippen molar-refractivity contribution in [1.29, 1.82) is 0 Å². The van der Waals surface area contributed by atoms with Crippen molar-refractivity contribution in [1.82, 2.24) is 14.7 Å². The van der Waals surface area contributed by atoms with Crippen LogP contribution in [0.2, 0.25) is 0 Å². The van der Waals surface area contributed by atoms with Gasteiger partial charge in [0, 0.05) is 12.1 Å². The number of nitrogens with zero attached hydrogens (tertiary/aromatic N) is 3. The largest absolute Gasteiger partial charge is 0.494 e. The molecule has 1 aromatic heterocycles. The van der Waals surface area contributed by atoms with Gasteiger partial charge in [-0.15, -0.1) is 0 Å². The number of carbonyl (C=O) groups is 1. The second-order valence-corrected chi connectivity index (χ2v) is 6.94. The number of likely N-dealkylation sites (tertiary alicyclic amines) is 1. The molecule has 26 heavy (non-hydrogen) atoms. The highest BCUT2D eigenvalue weighted by molar-refractivity contribution is 5.95. The maximum absolute atomic E-state index is 13.2. The summed E-state index contributed by atoms with van der Waals surface area (Å²) in [6, 6.07) is 9.08. The minimum Gasteiger partial charge on any atom is -0.494 e. The van der Waals surface area contributed by atoms with Crippen LogP contribution in [0.15, 0.2) is 35.1 Å². The molecule has 6 nitrogen and oxygen atoms in total. The number of rotatable bonds is 3. The van der Waals surface area contributed by atoms with Crippen molar-refractivity contribution in [3.8, 4) is 11.4 Å². The number of methoxy groups -OCH3 is 1. The Balaban J connectivity index is 2.12. The molecule has 1 amide bonds. The van der Waals surface area contributed by atoms with E-state index in [2.05, 4.69) is 18.9 Å². The fourth-order valence-electron chi connectivity index (χ4n) is 3.66. The second-order valence-electron chi connectivity index (χ2n) is 6.94. The van der Waals surface area contributed by atoms with E-state index in [-0.39, 0.29) is 35.0 Å². The van der Waals surface area contributed by atoms with E-state index in [1.807, 2.05) is 36.1 Å². The Hall–Kier alpha value is -2.63. The fraction of sp³-hybridized carbons (Fsp3) is 0.450. The SMILES string of the molecule is COc1cc(=O)n(-c2ccccc2C)nc1C(=O)N1[C@H](C)CCC[C@H]1C. The van der Waals surface area contributed by atoms with E-state index < -0.39 is 0 Å². The molecule has 1 fully saturated rings. The lowest BCUT2D eigenvalue weighted by atomic mass is 9.97. The van der Waals surface area contributed by atoms with E-state index in [1.165, 1.54) is 17.9 Å². The second kappa shape index (κ2) is 7.32. The topological polar surface area (TPSA) is 64.4 Å². The van der Waals surface area contributed by atoms with E-state index in [1.54, 1.807) is 0 Å². The molecular weight excluding hydrogens is 330 g/mol. The highest BCUT2D eigenvalue weighted by atomic mass is 16.5. The minimum absolute atomic E-state index is 0.136. The zero-order valence-electron chi connectivity index (χ0n) is 15.7. The lowest BCUT2D eigenvalue weighted by Crippen LogP contribution is -2.48. The predicted molar refractivity (Wildman–Crippen MR) is 100 cm³/mol. The zero-order valence-corrected chi connectivity index (χ0v) is 15.7. The molecule has 1 aliphatic rings. The molecule has 0 unspecified atom stereocenters. The molecule has 0 radical (unpaired) electrons. The summed E-state index contributed by atoms with van der Waals surface area (Å²) in [5, 5.41) is 4.41. The summed E-state index contributed by atoms with van der Waals surface area (Å²) in [5.41, 5.74) is 1.42. The molecule has 0 bridgehead atoms. The maximum Gasteiger partial charge on any atom is 0.278 e. The van der Waals surface area contributed by atoms with Gasteiger partial charge in [0.05, 0.1) is 18.9 Å². The zero-order chi connectivity index (χ0) is 18.8. The number of aryl methyl sites for hydroxylation is 1. The number of hydrogen-bond donors (Lipinski definition) is 0. The van der Waals surface area contributed by atoms with Gasteiger partial charge in [0.25, 0.3) is 11.5 Å². The third-order valence-corrected chi connectivity index (χ3v) is 5.09. The quantitative estimate of drug-likeness (QED) is 0.849. The number of piperidine rings is 1. The van der Waals surface area contributed by atoms with Gasteiger partial charge in [0.2, 0.25) is 0 Å². The lowest BCUT2D eigenvalue weighted by molar-refractivity contribution is 0.0498. The molecule has 6 heteroatoms. The summed E-state index contributed by atoms with van der Waals surface area (Å²) in [6.45, 7) is 6.01. The van der Waals surface area contributed by atoms with Crippen molar-refractivity contribution < 1.29 is 9.53 Å². The van der Waals surface area contributed by atoms with Crippen molar-refractivity contribution in [3.63, 3.8) is 0 Å². The average molecular weight is 355 g/mol. The van der Waals surface area contributed by atoms with E-state index in [0.29, 0.717) is 5.69 Å². The first kappa shape index (κ1) is 18.2. The highest BCUT2D eigenvalue weighted by Gasteiger charge is 2.32. The summed E-state index contributed by atoms with van der Waals surface area (Å²) in [5.74, 6) is 0.0266. The first-order chi connectivity index (χ1) is 12.4. The van der Waals surface area contributed by atoms with Crippen molar-refractivity contribution in [2.24, 2.45) is 0 Å². The molecule has 1 aromatic carbocycles. The summed E-state index contributed by atoms with van der Waals surface area (Å²) in [7, 11) is 1.45. The van der Waals surface area contributed by atoms with Gasteiger partial charge in [0.15, 0.2) is 11.4 Å². The third kappa shape index (κ3) is 3.23. The molecule has 0 aliphatic carbocycles. The minimum atomic E-state index is -0.326. The van der Waals surface area contributed by atoms with Crippen LogP contribution in [0.1, 0.15) is 49.2 Å². The fourth-order valence-corrected chi connectivity index (χ4v) is 3.66. The summed E-state index contributed by atoms with van der Waals surface area (Å²) in [4.78, 5) is 27.6. The Morgan fingerprint density at radius 1 is 1.19 bits per heavy atom. The Bertz CT molecular complexity index is 865. The van der Waals surface area contributed by atoms with Gasteiger partial charge in [-0.1, -0.05) is 18.2 Å². The van der Waals surface area contributed by atoms with Crippen LogP contribution in [-0.4, -0.2) is 39.8 Å². The molecule has 0 spiro atoms. The van der Waals surface area contributed by atoms with Crippen LogP contribution < -0.4 is 10.3 Å². The predicted octanol–water partition coefficient (Wildman–Crippen LogP) is 2.95. The van der Waals surface area contributed by atoms with Gasteiger partial charge in [-0.2, -0.15) is 9.78 Å². The highest BCUT2D eigenvalue weighted by Crippen LogP contribution is 2.26. The molecule has 2 heterocycles. The summed E-state index contributed by atoms with van der Waals surface area (Å²) < 4.78 is 6.59. The molecule has 1 saturated heterocycles. The third-order valence-electron chi connectivity index (χ3n) is 5.09. The van der Waals surface area contributed by atoms with Crippen LogP contribution in [0.5, 0.6) is 5.75 Å². The number of ether oxygens (including phenoxy) is 1. The van der Waals surface area contributed by atoms with Gasteiger partial charge < -0.3 is 9.64 Å². The maximum atomic E-state index is 13.2. The molecule has 138 valence electrons. The molecule has 0 N–H and O–H groups in total. The Morgan fingerprint density at radius 3 is 2.46 bits per heavy atom. The standard InChI is InChI=1S/C20H25N3O3/c1-13-8-5-6-11-16(13)23-18(24)12-17(26-4)19(21-23)20(25)22-14(2)9-7-10-15(22)3/h5-6,8,11-12,14-15H,7,9-10H2,1-4H3/t14-,15-/m1/s1. The van der Waals surface area contributed by atoms with Crippen LogP contribution in [0.25, 0.3) is 5.69 Å². The average Bonchev–Trinajstić information content (AvgIpc) is 2.62. The van der Waals surface area contributed by atoms with Crippen molar-refractivity contribution in [2.45, 2.75) is 52.1 Å². The van der Waals surface area contributed by atoms with E-state index in [4.69, 9.17) is 4.74 Å². The van der Waals surface area contributed by atoms with Crippen molar-refractivity contribution in [3.05, 3.63) is 51.9 Å². The van der Waals surface area contributed by atoms with Gasteiger partial charge >= 0.3 is 0 Å². The molecule has 2 aromatic rings. The van der Waals surface area contributed by atoms with Crippen molar-refractivity contribution in [2.75, 3.05) is 7.11 Å². The van der Waals surface area contributed by atoms with Crippen LogP contribution in [0, 0.1) is 6.92 Å². The number of amides is 1. The summed E-state index contributed by atoms with van der Waals surface area (Å²) in [6.07, 6.45) is 3.05. The number of hydrogen-bond acceptors (Lipinski definition) is 4. The van der Waals surface area contributed by atoms with Crippen LogP contribution >= 0.6 is 0 Å². The normalized spacial score (nSPS) is 20.1. The van der Waals surface area contributed by atoms with Gasteiger partial charge in [0.1, 0.15) is 0 Å². The molecule has 1 aliphatic heterocycles. The number of para-hydroxylation sites is 1. The Kier molecular flexibility index (Phi) is 5.11. The molecule has 3 rings (SSSR count). The Morgan fingerprint density at radius 2 is 1.85 bits per heavy atom. The smallest absolute Gasteiger partial charge is 0.278 e. The number of benzene rings is 1. The van der Waals surface area contributed by atoms with E-state index in [9.17, 15) is 9.59 Å². The van der Waals surface area contributed by atoms with Crippen LogP contribution in [-0.2, 0) is 0 Å². The molecular formula is C20H25N3O3. The molecule has 2 atom stereocenters. The van der Waals surface area contributed by atoms with E-state index >= 15 is 0 Å². The van der Waals surface area contributed by atoms with Crippen LogP contribution in [0.4, 0.5) is 0 Å². The van der Waals surface area contributed by atoms with Gasteiger partial charge in [-0.3, -0.25) is 9.59 Å². The van der Waals surface area contributed by atoms with Crippen molar-refractivity contribution >= 4 is 5.91 Å². The molecule has 0 saturated carbocycles. The lowest BCUT2D eigenvalue weighted by Gasteiger charge is -2.38. The number of carbonyl (C=O) groups excluding carboxylic acids is 1. The number of aromatic nitrogens is 2. The first-order valence-corrected chi connectivity index (χ1v) is 9.01. The van der Waals surface area contributed by atoms with Gasteiger partial charge in [-0.05, 0) is 51.7 Å². The van der Waals surface area contributed by atoms with Crippen LogP contribution in [0.3, 0.4) is 0 Å². The Labute approximate surface area is 153 Å².